The molecule has 3 heterocycles. The predicted octanol–water partition coefficient (Wildman–Crippen LogP) is 8.74. The van der Waals surface area contributed by atoms with Crippen molar-refractivity contribution in [1.82, 2.24) is 16.0 Å². The van der Waals surface area contributed by atoms with E-state index in [0.717, 1.165) is 33.8 Å². The number of hydrogen-bond donors (Lipinski definition) is 7. The number of benzene rings is 4. The van der Waals surface area contributed by atoms with Gasteiger partial charge >= 0.3 is 5.97 Å². The van der Waals surface area contributed by atoms with Crippen LogP contribution in [0.4, 0.5) is 11.4 Å². The minimum absolute atomic E-state index is 0.0559. The quantitative estimate of drug-likeness (QED) is 0.0888. The van der Waals surface area contributed by atoms with Crippen molar-refractivity contribution < 1.29 is 63.2 Å². The second-order valence-electron chi connectivity index (χ2n) is 21.4. The van der Waals surface area contributed by atoms with Crippen LogP contribution in [0.3, 0.4) is 0 Å². The molecule has 19 nitrogen and oxygen atoms in total. The van der Waals surface area contributed by atoms with Gasteiger partial charge in [-0.2, -0.15) is 25.3 Å². The van der Waals surface area contributed by atoms with Crippen LogP contribution in [0.2, 0.25) is 0 Å². The predicted molar refractivity (Wildman–Crippen MR) is 308 cm³/mol. The molecule has 7 rings (SSSR count). The van der Waals surface area contributed by atoms with Crippen LogP contribution >= 0.6 is 0 Å². The minimum Gasteiger partial charge on any atom is -0.480 e. The number of rotatable bonds is 6. The molecule has 3 aliphatic rings. The minimum atomic E-state index is -4.98. The standard InChI is InChI=1S/C58H73N5O14S3/c1-6-57(4)49-22-13-9-8-10-14-23-50-58(5,7-2)55-44-35-40(79(72,73)74)36-48(80(75,76)77)42(44)27-29-47(55)63(50)32-20-12-16-25-52(65)61-45(56(67)68)21-17-18-30-59-53(66)37-60-51(64)24-15-11-19-31-62(49)46-28-26-41-38(3)33-39(78(69,70)71)34-43(41)54(46)57/h8-10,13-14,22-23,26-29,33-36,45,49H,6-7,11-12,15-21,24-25,30-32,37H2,1-5H3,(H,59,66)(H,60,64)(H,61,65)(H,67,68)(H,69,70,71)(H,72,73,74)(H,75,76,77)/b9-8+,14-10+,22-13+,50-23+. The first-order chi connectivity index (χ1) is 37.7. The highest BCUT2D eigenvalue weighted by molar-refractivity contribution is 7.87. The van der Waals surface area contributed by atoms with E-state index in [4.69, 9.17) is 0 Å². The molecule has 0 spiro atoms. The van der Waals surface area contributed by atoms with Crippen LogP contribution in [0.1, 0.15) is 128 Å². The average Bonchev–Trinajstić information content (AvgIpc) is 3.83. The third-order valence-corrected chi connectivity index (χ3v) is 18.7. The Morgan fingerprint density at radius 1 is 0.637 bits per heavy atom. The Morgan fingerprint density at radius 2 is 1.25 bits per heavy atom. The number of aliphatic carboxylic acids is 1. The molecule has 22 heteroatoms. The second kappa shape index (κ2) is 25.2. The number of nitrogens with one attached hydrogen (secondary N) is 3. The van der Waals surface area contributed by atoms with Crippen molar-refractivity contribution in [1.29, 1.82) is 0 Å². The van der Waals surface area contributed by atoms with E-state index < -0.39 is 68.9 Å². The molecule has 432 valence electrons. The number of carboxylic acids is 1. The van der Waals surface area contributed by atoms with Crippen molar-refractivity contribution >= 4 is 87.0 Å². The largest absolute Gasteiger partial charge is 0.480 e. The number of hydrogen-bond acceptors (Lipinski definition) is 12. The normalized spacial score (nSPS) is 24.9. The van der Waals surface area contributed by atoms with Crippen molar-refractivity contribution in [2.75, 3.05) is 36.0 Å². The van der Waals surface area contributed by atoms with Gasteiger partial charge in [-0.1, -0.05) is 82.2 Å². The summed E-state index contributed by atoms with van der Waals surface area (Å²) in [7, 11) is -14.5. The second-order valence-corrected chi connectivity index (χ2v) is 25.6. The first-order valence-electron chi connectivity index (χ1n) is 27.2. The number of amides is 3. The molecule has 80 heavy (non-hydrogen) atoms. The molecule has 3 aliphatic heterocycles. The zero-order valence-corrected chi connectivity index (χ0v) is 48.3. The van der Waals surface area contributed by atoms with Gasteiger partial charge < -0.3 is 30.9 Å². The van der Waals surface area contributed by atoms with Crippen LogP contribution in [0, 0.1) is 6.92 Å². The van der Waals surface area contributed by atoms with Gasteiger partial charge in [0.05, 0.1) is 22.4 Å². The number of nitrogens with zero attached hydrogens (tertiary/aromatic N) is 2. The van der Waals surface area contributed by atoms with Gasteiger partial charge in [0, 0.05) is 65.8 Å². The van der Waals surface area contributed by atoms with E-state index >= 15 is 0 Å². The summed E-state index contributed by atoms with van der Waals surface area (Å²) < 4.78 is 107. The van der Waals surface area contributed by atoms with Crippen LogP contribution in [0.15, 0.2) is 111 Å². The van der Waals surface area contributed by atoms with Crippen LogP contribution in [0.5, 0.6) is 0 Å². The fraction of sp³-hybridized carbons (Fsp3) is 0.448. The van der Waals surface area contributed by atoms with Crippen LogP contribution in [-0.2, 0) is 60.4 Å². The highest BCUT2D eigenvalue weighted by Gasteiger charge is 2.47. The lowest BCUT2D eigenvalue weighted by molar-refractivity contribution is -0.142. The molecule has 0 saturated carbocycles. The van der Waals surface area contributed by atoms with Crippen molar-refractivity contribution in [3.63, 3.8) is 0 Å². The Kier molecular flexibility index (Phi) is 19.2. The lowest BCUT2D eigenvalue weighted by atomic mass is 9.74. The van der Waals surface area contributed by atoms with Crippen LogP contribution in [0.25, 0.3) is 21.5 Å². The molecule has 4 atom stereocenters. The maximum Gasteiger partial charge on any atom is 0.326 e. The summed E-state index contributed by atoms with van der Waals surface area (Å²) in [6.45, 7) is 11.0. The van der Waals surface area contributed by atoms with Gasteiger partial charge in [0.1, 0.15) is 10.9 Å². The first kappa shape index (κ1) is 61.2. The summed E-state index contributed by atoms with van der Waals surface area (Å²) in [6, 6.07) is 10.9. The van der Waals surface area contributed by atoms with Crippen molar-refractivity contribution in [2.24, 2.45) is 0 Å². The zero-order chi connectivity index (χ0) is 58.4. The summed E-state index contributed by atoms with van der Waals surface area (Å²) >= 11 is 0. The molecule has 0 aliphatic carbocycles. The number of fused-ring (bicyclic) bond motifs is 10. The maximum atomic E-state index is 13.0. The number of aryl methyl sites for hydroxylation is 1. The number of anilines is 2. The zero-order valence-electron chi connectivity index (χ0n) is 45.8. The molecule has 0 radical (unpaired) electrons. The van der Waals surface area contributed by atoms with Gasteiger partial charge in [-0.15, -0.1) is 0 Å². The Morgan fingerprint density at radius 3 is 1.90 bits per heavy atom. The van der Waals surface area contributed by atoms with Gasteiger partial charge in [0.2, 0.25) is 17.7 Å². The van der Waals surface area contributed by atoms with Crippen molar-refractivity contribution in [3.05, 3.63) is 113 Å². The van der Waals surface area contributed by atoms with Gasteiger partial charge in [0.15, 0.2) is 0 Å². The van der Waals surface area contributed by atoms with E-state index in [2.05, 4.69) is 51.7 Å². The third kappa shape index (κ3) is 13.5. The topological polar surface area (TPSA) is 294 Å². The molecule has 3 amide bonds. The van der Waals surface area contributed by atoms with Crippen LogP contribution in [-0.4, -0.2) is 106 Å². The molecule has 0 aromatic heterocycles. The molecule has 0 saturated heterocycles. The summed E-state index contributed by atoms with van der Waals surface area (Å²) in [6.07, 6.45) is 19.3. The SMILES string of the molecule is CCC1(C)\C2=C/C=C/C=C/C=C/C3N(CCCCCC(=O)NCC(=O)NCCCCC(C(=O)O)NC(=O)CCCCCN2c2ccc4c(S(=O)(=O)O)cc(S(=O)(=O)O)cc4c21)c1ccc2c(C)cc(S(=O)(=O)O)cc2c1C3(C)CC. The Labute approximate surface area is 468 Å². The highest BCUT2D eigenvalue weighted by atomic mass is 32.2. The highest BCUT2D eigenvalue weighted by Crippen LogP contribution is 2.54. The molecular formula is C58H73N5O14S3. The van der Waals surface area contributed by atoms with Gasteiger partial charge in [-0.05, 0) is 147 Å². The first-order valence-corrected chi connectivity index (χ1v) is 31.5. The van der Waals surface area contributed by atoms with E-state index in [0.29, 0.717) is 94.1 Å². The number of carbonyl (C=O) groups excluding carboxylic acids is 3. The smallest absolute Gasteiger partial charge is 0.326 e. The molecule has 4 aromatic rings. The summed E-state index contributed by atoms with van der Waals surface area (Å²) in [5, 5.41) is 19.8. The molecule has 0 fully saturated rings. The number of allylic oxidation sites excluding steroid dienone is 7. The molecule has 4 aromatic carbocycles. The lowest BCUT2D eigenvalue weighted by Crippen LogP contribution is -2.42. The van der Waals surface area contributed by atoms with E-state index in [-0.39, 0.29) is 65.9 Å². The van der Waals surface area contributed by atoms with Crippen LogP contribution < -0.4 is 25.8 Å². The Hall–Kier alpha value is -6.43. The number of carboxylic acid groups (broad SMARTS) is 1. The van der Waals surface area contributed by atoms with Crippen molar-refractivity contribution in [2.45, 2.75) is 156 Å². The monoisotopic (exact) mass is 1160 g/mol. The van der Waals surface area contributed by atoms with E-state index in [9.17, 15) is 63.2 Å². The fourth-order valence-corrected chi connectivity index (χ4v) is 13.6. The lowest BCUT2D eigenvalue weighted by Gasteiger charge is -2.35. The van der Waals surface area contributed by atoms with Gasteiger partial charge in [0.25, 0.3) is 30.4 Å². The van der Waals surface area contributed by atoms with E-state index in [1.54, 1.807) is 12.1 Å². The molecule has 7 N–H and O–H groups in total. The average molecular weight is 1160 g/mol. The molecule has 4 unspecified atom stereocenters. The van der Waals surface area contributed by atoms with E-state index in [1.165, 1.54) is 18.2 Å². The van der Waals surface area contributed by atoms with Crippen molar-refractivity contribution in [3.8, 4) is 0 Å². The van der Waals surface area contributed by atoms with Gasteiger partial charge in [-0.3, -0.25) is 28.0 Å². The van der Waals surface area contributed by atoms with Gasteiger partial charge in [-0.25, -0.2) is 4.79 Å². The Bertz CT molecular complexity index is 3540. The Balaban J connectivity index is 1.25. The summed E-state index contributed by atoms with van der Waals surface area (Å²) in [5.41, 5.74) is 3.19. The fourth-order valence-electron chi connectivity index (χ4n) is 11.7. The maximum absolute atomic E-state index is 13.0. The van der Waals surface area contributed by atoms with E-state index in [1.807, 2.05) is 63.3 Å². The molecule has 0 bridgehead atoms. The third-order valence-electron chi connectivity index (χ3n) is 16.1. The number of carbonyl (C=O) groups is 4. The summed E-state index contributed by atoms with van der Waals surface area (Å²) in [4.78, 5) is 53.3. The molecular weight excluding hydrogens is 1090 g/mol. The summed E-state index contributed by atoms with van der Waals surface area (Å²) in [5.74, 6) is -2.27.